The molecule has 0 saturated carbocycles. The average molecular weight is 234 g/mol. The Hall–Kier alpha value is -0.680. The van der Waals surface area contributed by atoms with Crippen LogP contribution >= 0.6 is 0 Å². The predicted octanol–water partition coefficient (Wildman–Crippen LogP) is 0.864. The highest BCUT2D eigenvalue weighted by molar-refractivity contribution is 5.72. The van der Waals surface area contributed by atoms with Crippen molar-refractivity contribution in [2.45, 2.75) is 46.0 Å². The maximum atomic E-state index is 13.4. The van der Waals surface area contributed by atoms with E-state index in [1.807, 2.05) is 13.8 Å². The van der Waals surface area contributed by atoms with E-state index in [9.17, 15) is 9.18 Å². The Balaban J connectivity index is 3.54. The average Bonchev–Trinajstić information content (AvgIpc) is 2.20. The zero-order valence-electron chi connectivity index (χ0n) is 10.5. The molecule has 0 aliphatic rings. The zero-order chi connectivity index (χ0) is 12.6. The molecule has 5 heteroatoms. The third kappa shape index (κ3) is 8.61. The highest BCUT2D eigenvalue weighted by Crippen LogP contribution is 2.02. The Morgan fingerprint density at radius 1 is 1.38 bits per heavy atom. The first kappa shape index (κ1) is 15.3. The fraction of sp³-hybridized carbons (Fsp3) is 0.909. The molecule has 0 spiro atoms. The summed E-state index contributed by atoms with van der Waals surface area (Å²) in [6.45, 7) is 8.30. The fourth-order valence-corrected chi connectivity index (χ4v) is 1.10. The second-order valence-corrected chi connectivity index (χ2v) is 4.14. The summed E-state index contributed by atoms with van der Waals surface area (Å²) in [5.41, 5.74) is 0. The molecule has 0 bridgehead atoms. The van der Waals surface area contributed by atoms with Gasteiger partial charge in [-0.2, -0.15) is 0 Å². The van der Waals surface area contributed by atoms with Gasteiger partial charge in [-0.3, -0.25) is 4.79 Å². The standard InChI is InChI=1S/C11H23FN2O2/c1-8(2)13-5-6-16-9(3)11(12)7-14-10(4)15/h8-9,11,13H,5-7H2,1-4H3,(H,14,15). The number of ether oxygens (including phenoxy) is 1. The van der Waals surface area contributed by atoms with Crippen molar-refractivity contribution in [2.24, 2.45) is 0 Å². The number of rotatable bonds is 8. The van der Waals surface area contributed by atoms with Crippen LogP contribution in [-0.4, -0.2) is 43.9 Å². The largest absolute Gasteiger partial charge is 0.374 e. The van der Waals surface area contributed by atoms with Crippen LogP contribution in [0.1, 0.15) is 27.7 Å². The maximum Gasteiger partial charge on any atom is 0.216 e. The number of amides is 1. The molecule has 0 aromatic rings. The number of hydrogen-bond acceptors (Lipinski definition) is 3. The summed E-state index contributed by atoms with van der Waals surface area (Å²) < 4.78 is 18.7. The van der Waals surface area contributed by atoms with Crippen molar-refractivity contribution in [3.05, 3.63) is 0 Å². The predicted molar refractivity (Wildman–Crippen MR) is 62.1 cm³/mol. The lowest BCUT2D eigenvalue weighted by molar-refractivity contribution is -0.119. The molecule has 2 atom stereocenters. The van der Waals surface area contributed by atoms with Crippen LogP contribution in [0.4, 0.5) is 4.39 Å². The molecule has 0 aliphatic heterocycles. The van der Waals surface area contributed by atoms with E-state index < -0.39 is 12.3 Å². The number of carbonyl (C=O) groups is 1. The van der Waals surface area contributed by atoms with Gasteiger partial charge in [0.15, 0.2) is 0 Å². The molecular formula is C11H23FN2O2. The van der Waals surface area contributed by atoms with E-state index in [1.165, 1.54) is 6.92 Å². The van der Waals surface area contributed by atoms with E-state index >= 15 is 0 Å². The van der Waals surface area contributed by atoms with E-state index in [0.29, 0.717) is 19.2 Å². The van der Waals surface area contributed by atoms with Crippen molar-refractivity contribution in [2.75, 3.05) is 19.7 Å². The van der Waals surface area contributed by atoms with Gasteiger partial charge in [-0.05, 0) is 6.92 Å². The van der Waals surface area contributed by atoms with Crippen molar-refractivity contribution in [1.82, 2.24) is 10.6 Å². The third-order valence-electron chi connectivity index (χ3n) is 2.09. The molecular weight excluding hydrogens is 211 g/mol. The van der Waals surface area contributed by atoms with Gasteiger partial charge in [-0.15, -0.1) is 0 Å². The first-order valence-corrected chi connectivity index (χ1v) is 5.67. The number of halogens is 1. The lowest BCUT2D eigenvalue weighted by atomic mass is 10.2. The number of hydrogen-bond donors (Lipinski definition) is 2. The van der Waals surface area contributed by atoms with Crippen LogP contribution < -0.4 is 10.6 Å². The molecule has 4 nitrogen and oxygen atoms in total. The maximum absolute atomic E-state index is 13.4. The Morgan fingerprint density at radius 3 is 2.50 bits per heavy atom. The molecule has 0 rings (SSSR count). The minimum atomic E-state index is -1.16. The first-order chi connectivity index (χ1) is 7.43. The second kappa shape index (κ2) is 8.47. The summed E-state index contributed by atoms with van der Waals surface area (Å²) in [4.78, 5) is 10.6. The summed E-state index contributed by atoms with van der Waals surface area (Å²) in [5, 5.41) is 5.60. The van der Waals surface area contributed by atoms with Gasteiger partial charge < -0.3 is 15.4 Å². The number of nitrogens with one attached hydrogen (secondary N) is 2. The highest BCUT2D eigenvalue weighted by atomic mass is 19.1. The van der Waals surface area contributed by atoms with Gasteiger partial charge in [-0.1, -0.05) is 13.8 Å². The molecule has 0 aliphatic carbocycles. The Morgan fingerprint density at radius 2 is 2.00 bits per heavy atom. The third-order valence-corrected chi connectivity index (χ3v) is 2.09. The summed E-state index contributed by atoms with van der Waals surface area (Å²) in [5.74, 6) is -0.226. The van der Waals surface area contributed by atoms with Crippen LogP contribution in [-0.2, 0) is 9.53 Å². The van der Waals surface area contributed by atoms with Crippen LogP contribution in [0.15, 0.2) is 0 Å². The molecule has 0 aromatic heterocycles. The molecule has 1 amide bonds. The lowest BCUT2D eigenvalue weighted by Gasteiger charge is -2.18. The molecule has 0 radical (unpaired) electrons. The monoisotopic (exact) mass is 234 g/mol. The minimum Gasteiger partial charge on any atom is -0.374 e. The first-order valence-electron chi connectivity index (χ1n) is 5.67. The van der Waals surface area contributed by atoms with E-state index in [0.717, 1.165) is 0 Å². The highest BCUT2D eigenvalue weighted by Gasteiger charge is 2.16. The van der Waals surface area contributed by atoms with Gasteiger partial charge in [0.2, 0.25) is 5.91 Å². The van der Waals surface area contributed by atoms with E-state index in [-0.39, 0.29) is 12.5 Å². The zero-order valence-corrected chi connectivity index (χ0v) is 10.5. The Bertz CT molecular complexity index is 200. The van der Waals surface area contributed by atoms with Crippen molar-refractivity contribution >= 4 is 5.91 Å². The summed E-state index contributed by atoms with van der Waals surface area (Å²) in [6, 6.07) is 0.402. The molecule has 0 fully saturated rings. The second-order valence-electron chi connectivity index (χ2n) is 4.14. The van der Waals surface area contributed by atoms with Gasteiger partial charge in [-0.25, -0.2) is 4.39 Å². The Kier molecular flexibility index (Phi) is 8.11. The molecule has 0 heterocycles. The van der Waals surface area contributed by atoms with Crippen LogP contribution in [0.25, 0.3) is 0 Å². The fourth-order valence-electron chi connectivity index (χ4n) is 1.10. The topological polar surface area (TPSA) is 50.4 Å². The molecule has 2 N–H and O–H groups in total. The van der Waals surface area contributed by atoms with Crippen LogP contribution in [0, 0.1) is 0 Å². The molecule has 2 unspecified atom stereocenters. The van der Waals surface area contributed by atoms with Gasteiger partial charge in [0.25, 0.3) is 0 Å². The Labute approximate surface area is 96.9 Å². The van der Waals surface area contributed by atoms with E-state index in [4.69, 9.17) is 4.74 Å². The van der Waals surface area contributed by atoms with E-state index in [2.05, 4.69) is 10.6 Å². The summed E-state index contributed by atoms with van der Waals surface area (Å²) in [7, 11) is 0. The SMILES string of the molecule is CC(=O)NCC(F)C(C)OCCNC(C)C. The van der Waals surface area contributed by atoms with Gasteiger partial charge in [0, 0.05) is 19.5 Å². The van der Waals surface area contributed by atoms with Gasteiger partial charge >= 0.3 is 0 Å². The number of carbonyl (C=O) groups excluding carboxylic acids is 1. The van der Waals surface area contributed by atoms with Crippen LogP contribution in [0.3, 0.4) is 0 Å². The molecule has 0 aromatic carbocycles. The normalized spacial score (nSPS) is 14.9. The minimum absolute atomic E-state index is 0.00804. The quantitative estimate of drug-likeness (QED) is 0.613. The summed E-state index contributed by atoms with van der Waals surface area (Å²) in [6.07, 6.45) is -1.66. The van der Waals surface area contributed by atoms with Gasteiger partial charge in [0.1, 0.15) is 6.17 Å². The van der Waals surface area contributed by atoms with Crippen molar-refractivity contribution in [1.29, 1.82) is 0 Å². The van der Waals surface area contributed by atoms with Crippen molar-refractivity contribution < 1.29 is 13.9 Å². The molecule has 0 saturated heterocycles. The van der Waals surface area contributed by atoms with Crippen LogP contribution in [0.2, 0.25) is 0 Å². The molecule has 16 heavy (non-hydrogen) atoms. The number of alkyl halides is 1. The smallest absolute Gasteiger partial charge is 0.216 e. The summed E-state index contributed by atoms with van der Waals surface area (Å²) >= 11 is 0. The van der Waals surface area contributed by atoms with Crippen molar-refractivity contribution in [3.8, 4) is 0 Å². The lowest BCUT2D eigenvalue weighted by Crippen LogP contribution is -2.36. The van der Waals surface area contributed by atoms with E-state index in [1.54, 1.807) is 6.92 Å². The van der Waals surface area contributed by atoms with Crippen LogP contribution in [0.5, 0.6) is 0 Å². The molecule has 96 valence electrons. The van der Waals surface area contributed by atoms with Crippen molar-refractivity contribution in [3.63, 3.8) is 0 Å². The van der Waals surface area contributed by atoms with Gasteiger partial charge in [0.05, 0.1) is 19.3 Å².